The summed E-state index contributed by atoms with van der Waals surface area (Å²) >= 11 is 1.21. The van der Waals surface area contributed by atoms with Gasteiger partial charge in [0.05, 0.1) is 32.4 Å². The van der Waals surface area contributed by atoms with Crippen LogP contribution in [0.2, 0.25) is 0 Å². The number of hydrogen-bond donors (Lipinski definition) is 1. The predicted molar refractivity (Wildman–Crippen MR) is 180 cm³/mol. The largest absolute Gasteiger partial charge is 0.497 e. The molecule has 2 amide bonds. The first-order chi connectivity index (χ1) is 22.5. The second-order valence-electron chi connectivity index (χ2n) is 11.9. The Hall–Kier alpha value is -4.29. The van der Waals surface area contributed by atoms with Crippen molar-refractivity contribution in [1.82, 2.24) is 20.1 Å². The van der Waals surface area contributed by atoms with E-state index in [0.29, 0.717) is 36.8 Å². The van der Waals surface area contributed by atoms with Gasteiger partial charge in [-0.05, 0) is 75.2 Å². The van der Waals surface area contributed by atoms with Gasteiger partial charge < -0.3 is 29.2 Å². The molecule has 0 unspecified atom stereocenters. The molecule has 1 fully saturated rings. The van der Waals surface area contributed by atoms with Gasteiger partial charge in [0.1, 0.15) is 28.2 Å². The van der Waals surface area contributed by atoms with Gasteiger partial charge in [-0.3, -0.25) is 9.69 Å². The third kappa shape index (κ3) is 9.85. The molecule has 1 aliphatic rings. The number of amides is 2. The molecule has 1 aromatic heterocycles. The number of ether oxygens (including phenoxy) is 4. The number of hydrogen-bond acceptors (Lipinski definition) is 10. The lowest BCUT2D eigenvalue weighted by Gasteiger charge is -2.40. The first-order valence-corrected chi connectivity index (χ1v) is 16.6. The van der Waals surface area contributed by atoms with E-state index in [9.17, 15) is 14.4 Å². The monoisotopic (exact) mass is 664 g/mol. The van der Waals surface area contributed by atoms with E-state index in [2.05, 4.69) is 39.5 Å². The Morgan fingerprint density at radius 2 is 1.47 bits per heavy atom. The number of aromatic nitrogens is 1. The van der Waals surface area contributed by atoms with E-state index in [0.717, 1.165) is 22.6 Å². The molecule has 4 rings (SSSR count). The Morgan fingerprint density at radius 3 is 1.98 bits per heavy atom. The SMILES string of the molecule is CCOC(=O)c1cccnc1SC[C@H](NC(=O)OC(C)(C)C)C(=O)N1CCN(C(c2ccc(OC)cc2)c2ccc(OC)cc2)CC1. The summed E-state index contributed by atoms with van der Waals surface area (Å²) in [5, 5.41) is 3.19. The molecule has 1 saturated heterocycles. The molecule has 1 aliphatic heterocycles. The minimum atomic E-state index is -0.919. The van der Waals surface area contributed by atoms with Crippen LogP contribution in [0.15, 0.2) is 71.9 Å². The van der Waals surface area contributed by atoms with Gasteiger partial charge in [-0.25, -0.2) is 14.6 Å². The highest BCUT2D eigenvalue weighted by Crippen LogP contribution is 2.32. The highest BCUT2D eigenvalue weighted by atomic mass is 32.2. The number of pyridine rings is 1. The van der Waals surface area contributed by atoms with Gasteiger partial charge in [-0.2, -0.15) is 0 Å². The van der Waals surface area contributed by atoms with E-state index in [-0.39, 0.29) is 24.3 Å². The average Bonchev–Trinajstić information content (AvgIpc) is 3.07. The van der Waals surface area contributed by atoms with Crippen LogP contribution < -0.4 is 14.8 Å². The Bertz CT molecular complexity index is 1440. The minimum Gasteiger partial charge on any atom is -0.497 e. The molecule has 0 radical (unpaired) electrons. The maximum Gasteiger partial charge on any atom is 0.408 e. The van der Waals surface area contributed by atoms with E-state index in [1.165, 1.54) is 11.8 Å². The Morgan fingerprint density at radius 1 is 0.894 bits per heavy atom. The third-order valence-corrected chi connectivity index (χ3v) is 8.60. The fourth-order valence-corrected chi connectivity index (χ4v) is 6.26. The fourth-order valence-electron chi connectivity index (χ4n) is 5.26. The van der Waals surface area contributed by atoms with E-state index in [1.807, 2.05) is 24.3 Å². The smallest absolute Gasteiger partial charge is 0.408 e. The third-order valence-electron chi connectivity index (χ3n) is 7.50. The molecular formula is C35H44N4O7S. The molecule has 252 valence electrons. The standard InChI is InChI=1S/C35H44N4O7S/c1-7-45-33(41)28-9-8-18-36-31(28)47-23-29(37-34(42)46-35(2,3)4)32(40)39-21-19-38(20-22-39)30(24-10-14-26(43-5)15-11-24)25-12-16-27(44-6)17-13-25/h8-18,29-30H,7,19-23H2,1-6H3,(H,37,42)/t29-/m0/s1. The topological polar surface area (TPSA) is 120 Å². The molecule has 0 bridgehead atoms. The molecule has 2 aromatic carbocycles. The Labute approximate surface area is 280 Å². The zero-order valence-corrected chi connectivity index (χ0v) is 28.7. The van der Waals surface area contributed by atoms with Crippen LogP contribution in [0.3, 0.4) is 0 Å². The molecule has 2 heterocycles. The number of methoxy groups -OCH3 is 2. The number of carbonyl (C=O) groups excluding carboxylic acids is 3. The zero-order chi connectivity index (χ0) is 34.0. The normalized spacial score (nSPS) is 14.3. The molecule has 0 spiro atoms. The summed E-state index contributed by atoms with van der Waals surface area (Å²) in [4.78, 5) is 47.8. The van der Waals surface area contributed by atoms with Crippen molar-refractivity contribution in [3.8, 4) is 11.5 Å². The highest BCUT2D eigenvalue weighted by Gasteiger charge is 2.33. The number of benzene rings is 2. The number of carbonyl (C=O) groups is 3. The van der Waals surface area contributed by atoms with Crippen LogP contribution in [0.1, 0.15) is 55.2 Å². The van der Waals surface area contributed by atoms with Gasteiger partial charge in [-0.1, -0.05) is 24.3 Å². The van der Waals surface area contributed by atoms with Crippen LogP contribution >= 0.6 is 11.8 Å². The number of rotatable bonds is 12. The number of nitrogens with zero attached hydrogens (tertiary/aromatic N) is 3. The number of thioether (sulfide) groups is 1. The van der Waals surface area contributed by atoms with Crippen LogP contribution in [0.4, 0.5) is 4.79 Å². The first kappa shape index (κ1) is 35.6. The molecule has 47 heavy (non-hydrogen) atoms. The fraction of sp³-hybridized carbons (Fsp3) is 0.429. The van der Waals surface area contributed by atoms with Crippen molar-refractivity contribution < 1.29 is 33.3 Å². The second kappa shape index (κ2) is 16.5. The maximum atomic E-state index is 14.0. The van der Waals surface area contributed by atoms with Gasteiger partial charge in [-0.15, -0.1) is 11.8 Å². The zero-order valence-electron chi connectivity index (χ0n) is 27.9. The van der Waals surface area contributed by atoms with Crippen LogP contribution in [0.25, 0.3) is 0 Å². The summed E-state index contributed by atoms with van der Waals surface area (Å²) in [6.07, 6.45) is 0.880. The van der Waals surface area contributed by atoms with Crippen LogP contribution in [-0.2, 0) is 14.3 Å². The number of esters is 1. The maximum absolute atomic E-state index is 14.0. The van der Waals surface area contributed by atoms with Crippen molar-refractivity contribution in [2.75, 3.05) is 52.8 Å². The molecule has 12 heteroatoms. The molecule has 3 aromatic rings. The number of alkyl carbamates (subject to hydrolysis) is 1. The molecular weight excluding hydrogens is 620 g/mol. The Balaban J connectivity index is 1.51. The summed E-state index contributed by atoms with van der Waals surface area (Å²) < 4.78 is 21.4. The summed E-state index contributed by atoms with van der Waals surface area (Å²) in [6, 6.07) is 18.4. The van der Waals surface area contributed by atoms with Crippen LogP contribution in [-0.4, -0.2) is 97.2 Å². The molecule has 0 saturated carbocycles. The van der Waals surface area contributed by atoms with Gasteiger partial charge >= 0.3 is 12.1 Å². The average molecular weight is 665 g/mol. The van der Waals surface area contributed by atoms with Crippen LogP contribution in [0.5, 0.6) is 11.5 Å². The van der Waals surface area contributed by atoms with E-state index < -0.39 is 23.7 Å². The van der Waals surface area contributed by atoms with E-state index >= 15 is 0 Å². The quantitative estimate of drug-likeness (QED) is 0.205. The lowest BCUT2D eigenvalue weighted by molar-refractivity contribution is -0.134. The number of piperazine rings is 1. The lowest BCUT2D eigenvalue weighted by atomic mass is 9.96. The van der Waals surface area contributed by atoms with Gasteiger partial charge in [0.15, 0.2) is 0 Å². The summed E-state index contributed by atoms with van der Waals surface area (Å²) in [5.74, 6) is 0.966. The van der Waals surface area contributed by atoms with Crippen molar-refractivity contribution in [2.24, 2.45) is 0 Å². The van der Waals surface area contributed by atoms with Gasteiger partial charge in [0, 0.05) is 38.1 Å². The van der Waals surface area contributed by atoms with Crippen molar-refractivity contribution in [1.29, 1.82) is 0 Å². The van der Waals surface area contributed by atoms with Crippen molar-refractivity contribution in [2.45, 2.75) is 50.4 Å². The molecule has 1 N–H and O–H groups in total. The van der Waals surface area contributed by atoms with Crippen molar-refractivity contribution in [3.63, 3.8) is 0 Å². The summed E-state index contributed by atoms with van der Waals surface area (Å²) in [7, 11) is 3.29. The highest BCUT2D eigenvalue weighted by molar-refractivity contribution is 7.99. The van der Waals surface area contributed by atoms with Gasteiger partial charge in [0.25, 0.3) is 0 Å². The minimum absolute atomic E-state index is 0.0549. The number of nitrogens with one attached hydrogen (secondary N) is 1. The molecule has 0 aliphatic carbocycles. The van der Waals surface area contributed by atoms with E-state index in [4.69, 9.17) is 18.9 Å². The van der Waals surface area contributed by atoms with Gasteiger partial charge in [0.2, 0.25) is 5.91 Å². The first-order valence-electron chi connectivity index (χ1n) is 15.6. The Kier molecular flexibility index (Phi) is 12.5. The lowest BCUT2D eigenvalue weighted by Crippen LogP contribution is -2.56. The predicted octanol–water partition coefficient (Wildman–Crippen LogP) is 5.19. The van der Waals surface area contributed by atoms with Crippen molar-refractivity contribution >= 4 is 29.7 Å². The molecule has 1 atom stereocenters. The van der Waals surface area contributed by atoms with E-state index in [1.54, 1.807) is 65.1 Å². The van der Waals surface area contributed by atoms with Crippen LogP contribution in [0, 0.1) is 0 Å². The molecule has 11 nitrogen and oxygen atoms in total. The summed E-state index contributed by atoms with van der Waals surface area (Å²) in [6.45, 7) is 9.37. The summed E-state index contributed by atoms with van der Waals surface area (Å²) in [5.41, 5.74) is 1.76. The van der Waals surface area contributed by atoms with Crippen molar-refractivity contribution in [3.05, 3.63) is 83.6 Å². The second-order valence-corrected chi connectivity index (χ2v) is 12.9.